The van der Waals surface area contributed by atoms with Crippen LogP contribution in [0.15, 0.2) is 28.7 Å². The Kier molecular flexibility index (Phi) is 5.01. The molecule has 2 unspecified atom stereocenters. The minimum atomic E-state index is 0.578. The van der Waals surface area contributed by atoms with E-state index in [1.165, 1.54) is 31.4 Å². The van der Waals surface area contributed by atoms with Crippen molar-refractivity contribution < 1.29 is 0 Å². The predicted octanol–water partition coefficient (Wildman–Crippen LogP) is 3.07. The maximum Gasteiger partial charge on any atom is 0.0207 e. The van der Waals surface area contributed by atoms with Crippen LogP contribution in [0.4, 0.5) is 0 Å². The molecule has 0 spiro atoms. The summed E-state index contributed by atoms with van der Waals surface area (Å²) in [7, 11) is 0. The van der Waals surface area contributed by atoms with Gasteiger partial charge >= 0.3 is 0 Å². The van der Waals surface area contributed by atoms with Crippen molar-refractivity contribution in [2.45, 2.75) is 44.8 Å². The van der Waals surface area contributed by atoms with Crippen molar-refractivity contribution in [3.05, 3.63) is 34.3 Å². The fourth-order valence-electron chi connectivity index (χ4n) is 2.36. The third-order valence-electron chi connectivity index (χ3n) is 3.37. The molecule has 2 rings (SSSR count). The highest BCUT2D eigenvalue weighted by Gasteiger charge is 2.16. The van der Waals surface area contributed by atoms with E-state index >= 15 is 0 Å². The summed E-state index contributed by atoms with van der Waals surface area (Å²) < 4.78 is 1.14. The second-order valence-electron chi connectivity index (χ2n) is 4.94. The molecule has 1 saturated heterocycles. The molecule has 2 N–H and O–H groups in total. The summed E-state index contributed by atoms with van der Waals surface area (Å²) in [5.41, 5.74) is 1.35. The van der Waals surface area contributed by atoms with E-state index in [-0.39, 0.29) is 0 Å². The highest BCUT2D eigenvalue weighted by Crippen LogP contribution is 2.12. The zero-order valence-electron chi connectivity index (χ0n) is 10.4. The lowest BCUT2D eigenvalue weighted by atomic mass is 10.1. The highest BCUT2D eigenvalue weighted by molar-refractivity contribution is 9.10. The van der Waals surface area contributed by atoms with Gasteiger partial charge in [-0.3, -0.25) is 0 Å². The van der Waals surface area contributed by atoms with Crippen molar-refractivity contribution in [1.82, 2.24) is 10.6 Å². The molecular weight excluding hydrogens is 276 g/mol. The number of hydrogen-bond donors (Lipinski definition) is 2. The number of hydrogen-bond acceptors (Lipinski definition) is 2. The molecule has 94 valence electrons. The smallest absolute Gasteiger partial charge is 0.0207 e. The third kappa shape index (κ3) is 4.41. The monoisotopic (exact) mass is 296 g/mol. The van der Waals surface area contributed by atoms with Gasteiger partial charge in [0.25, 0.3) is 0 Å². The fraction of sp³-hybridized carbons (Fsp3) is 0.571. The second kappa shape index (κ2) is 6.53. The van der Waals surface area contributed by atoms with Crippen molar-refractivity contribution in [1.29, 1.82) is 0 Å². The van der Waals surface area contributed by atoms with Gasteiger partial charge < -0.3 is 10.6 Å². The summed E-state index contributed by atoms with van der Waals surface area (Å²) in [6.07, 6.45) is 3.91. The van der Waals surface area contributed by atoms with Crippen LogP contribution in [0.1, 0.15) is 31.7 Å². The first-order valence-corrected chi connectivity index (χ1v) is 7.24. The van der Waals surface area contributed by atoms with E-state index in [2.05, 4.69) is 57.8 Å². The topological polar surface area (TPSA) is 24.1 Å². The molecule has 2 nitrogen and oxygen atoms in total. The van der Waals surface area contributed by atoms with Gasteiger partial charge in [-0.2, -0.15) is 0 Å². The first-order valence-electron chi connectivity index (χ1n) is 6.45. The van der Waals surface area contributed by atoms with Gasteiger partial charge in [0.2, 0.25) is 0 Å². The second-order valence-corrected chi connectivity index (χ2v) is 5.85. The SMILES string of the molecule is CC(CC1CCCN1)NCc1ccc(Br)cc1. The zero-order valence-corrected chi connectivity index (χ0v) is 12.0. The molecule has 0 aromatic heterocycles. The van der Waals surface area contributed by atoms with Gasteiger partial charge in [-0.15, -0.1) is 0 Å². The molecule has 0 aliphatic carbocycles. The van der Waals surface area contributed by atoms with E-state index in [4.69, 9.17) is 0 Å². The molecule has 0 bridgehead atoms. The summed E-state index contributed by atoms with van der Waals surface area (Å²) in [6.45, 7) is 4.43. The summed E-state index contributed by atoms with van der Waals surface area (Å²) in [6, 6.07) is 9.83. The first-order chi connectivity index (χ1) is 8.24. The zero-order chi connectivity index (χ0) is 12.1. The largest absolute Gasteiger partial charge is 0.314 e. The Bertz CT molecular complexity index is 331. The van der Waals surface area contributed by atoms with E-state index in [0.29, 0.717) is 6.04 Å². The standard InChI is InChI=1S/C14H21BrN2/c1-11(9-14-3-2-8-16-14)17-10-12-4-6-13(15)7-5-12/h4-7,11,14,16-17H,2-3,8-10H2,1H3. The van der Waals surface area contributed by atoms with E-state index in [1.807, 2.05) is 0 Å². The number of nitrogens with one attached hydrogen (secondary N) is 2. The van der Waals surface area contributed by atoms with Crippen molar-refractivity contribution in [3.8, 4) is 0 Å². The van der Waals surface area contributed by atoms with Gasteiger partial charge in [0.15, 0.2) is 0 Å². The Hall–Kier alpha value is -0.380. The average Bonchev–Trinajstić information content (AvgIpc) is 2.81. The van der Waals surface area contributed by atoms with Crippen LogP contribution in [0.25, 0.3) is 0 Å². The lowest BCUT2D eigenvalue weighted by molar-refractivity contribution is 0.440. The summed E-state index contributed by atoms with van der Waals surface area (Å²) >= 11 is 3.46. The molecule has 0 saturated carbocycles. The Morgan fingerprint density at radius 2 is 2.18 bits per heavy atom. The van der Waals surface area contributed by atoms with Crippen LogP contribution in [-0.2, 0) is 6.54 Å². The van der Waals surface area contributed by atoms with E-state index in [1.54, 1.807) is 0 Å². The van der Waals surface area contributed by atoms with Crippen molar-refractivity contribution >= 4 is 15.9 Å². The molecule has 1 aromatic rings. The molecule has 1 aliphatic rings. The van der Waals surface area contributed by atoms with Crippen LogP contribution in [-0.4, -0.2) is 18.6 Å². The van der Waals surface area contributed by atoms with Crippen LogP contribution in [0.3, 0.4) is 0 Å². The number of benzene rings is 1. The molecule has 1 aromatic carbocycles. The molecule has 2 atom stereocenters. The van der Waals surface area contributed by atoms with E-state index in [0.717, 1.165) is 17.1 Å². The van der Waals surface area contributed by atoms with Gasteiger partial charge in [-0.1, -0.05) is 28.1 Å². The molecule has 0 amide bonds. The summed E-state index contributed by atoms with van der Waals surface area (Å²) in [5, 5.41) is 7.14. The van der Waals surface area contributed by atoms with Gasteiger partial charge in [0.1, 0.15) is 0 Å². The lowest BCUT2D eigenvalue weighted by Crippen LogP contribution is -2.33. The maximum absolute atomic E-state index is 3.59. The molecule has 1 aliphatic heterocycles. The minimum Gasteiger partial charge on any atom is -0.314 e. The summed E-state index contributed by atoms with van der Waals surface area (Å²) in [5.74, 6) is 0. The van der Waals surface area contributed by atoms with Crippen molar-refractivity contribution in [2.24, 2.45) is 0 Å². The maximum atomic E-state index is 3.59. The minimum absolute atomic E-state index is 0.578. The summed E-state index contributed by atoms with van der Waals surface area (Å²) in [4.78, 5) is 0. The average molecular weight is 297 g/mol. The molecule has 17 heavy (non-hydrogen) atoms. The molecule has 3 heteroatoms. The fourth-order valence-corrected chi connectivity index (χ4v) is 2.63. The van der Waals surface area contributed by atoms with Gasteiger partial charge in [-0.05, 0) is 50.4 Å². The lowest BCUT2D eigenvalue weighted by Gasteiger charge is -2.18. The third-order valence-corrected chi connectivity index (χ3v) is 3.90. The van der Waals surface area contributed by atoms with Crippen LogP contribution in [0.2, 0.25) is 0 Å². The van der Waals surface area contributed by atoms with Gasteiger partial charge in [-0.25, -0.2) is 0 Å². The predicted molar refractivity (Wildman–Crippen MR) is 76.1 cm³/mol. The van der Waals surface area contributed by atoms with Crippen molar-refractivity contribution in [2.75, 3.05) is 6.54 Å². The highest BCUT2D eigenvalue weighted by atomic mass is 79.9. The Balaban J connectivity index is 1.71. The molecule has 1 heterocycles. The molecule has 0 radical (unpaired) electrons. The Labute approximate surface area is 112 Å². The van der Waals surface area contributed by atoms with Crippen LogP contribution in [0.5, 0.6) is 0 Å². The number of rotatable bonds is 5. The van der Waals surface area contributed by atoms with Crippen molar-refractivity contribution in [3.63, 3.8) is 0 Å². The van der Waals surface area contributed by atoms with E-state index in [9.17, 15) is 0 Å². The Morgan fingerprint density at radius 1 is 1.41 bits per heavy atom. The van der Waals surface area contributed by atoms with Crippen LogP contribution in [0, 0.1) is 0 Å². The first kappa shape index (κ1) is 13.1. The van der Waals surface area contributed by atoms with Crippen LogP contribution < -0.4 is 10.6 Å². The Morgan fingerprint density at radius 3 is 2.82 bits per heavy atom. The van der Waals surface area contributed by atoms with Gasteiger partial charge in [0.05, 0.1) is 0 Å². The quantitative estimate of drug-likeness (QED) is 0.873. The normalized spacial score (nSPS) is 21.6. The number of halogens is 1. The molecular formula is C14H21BrN2. The van der Waals surface area contributed by atoms with Gasteiger partial charge in [0, 0.05) is 23.1 Å². The molecule has 1 fully saturated rings. The van der Waals surface area contributed by atoms with E-state index < -0.39 is 0 Å². The van der Waals surface area contributed by atoms with Crippen LogP contribution >= 0.6 is 15.9 Å².